The van der Waals surface area contributed by atoms with Crippen LogP contribution < -0.4 is 0 Å². The predicted octanol–water partition coefficient (Wildman–Crippen LogP) is 0.268. The number of esters is 1. The summed E-state index contributed by atoms with van der Waals surface area (Å²) in [6.07, 6.45) is -0.448. The van der Waals surface area contributed by atoms with Gasteiger partial charge in [-0.1, -0.05) is 0 Å². The summed E-state index contributed by atoms with van der Waals surface area (Å²) in [5, 5.41) is 0. The number of halogens is 2. The number of carbonyl (C=O) groups excluding carboxylic acids is 1. The van der Waals surface area contributed by atoms with E-state index in [2.05, 4.69) is 4.74 Å². The van der Waals surface area contributed by atoms with E-state index in [1.165, 1.54) is 12.0 Å². The summed E-state index contributed by atoms with van der Waals surface area (Å²) >= 11 is 0. The van der Waals surface area contributed by atoms with Gasteiger partial charge in [-0.3, -0.25) is 9.69 Å². The number of ether oxygens (including phenoxy) is 2. The van der Waals surface area contributed by atoms with E-state index in [1.54, 1.807) is 0 Å². The summed E-state index contributed by atoms with van der Waals surface area (Å²) < 4.78 is 35.8. The maximum Gasteiger partial charge on any atom is 0.323 e. The molecule has 2 heterocycles. The third-order valence-corrected chi connectivity index (χ3v) is 2.87. The van der Waals surface area contributed by atoms with Gasteiger partial charge in [-0.2, -0.15) is 0 Å². The van der Waals surface area contributed by atoms with Gasteiger partial charge in [0.15, 0.2) is 0 Å². The van der Waals surface area contributed by atoms with Crippen LogP contribution in [0.15, 0.2) is 0 Å². The number of nitrogens with zero attached hydrogens (tertiary/aromatic N) is 1. The number of likely N-dealkylation sites (tertiary alicyclic amines) is 1. The smallest absolute Gasteiger partial charge is 0.323 e. The number of methoxy groups -OCH3 is 1. The van der Waals surface area contributed by atoms with Crippen LogP contribution in [0.5, 0.6) is 0 Å². The van der Waals surface area contributed by atoms with Crippen molar-refractivity contribution in [1.82, 2.24) is 4.90 Å². The molecular formula is C9H13F2NO3. The van der Waals surface area contributed by atoms with Gasteiger partial charge >= 0.3 is 5.97 Å². The molecule has 0 amide bonds. The Morgan fingerprint density at radius 3 is 2.67 bits per heavy atom. The van der Waals surface area contributed by atoms with Crippen LogP contribution in [0.4, 0.5) is 8.78 Å². The topological polar surface area (TPSA) is 38.8 Å². The van der Waals surface area contributed by atoms with E-state index in [9.17, 15) is 13.6 Å². The van der Waals surface area contributed by atoms with Gasteiger partial charge in [-0.05, 0) is 0 Å². The zero-order valence-corrected chi connectivity index (χ0v) is 8.41. The number of alkyl halides is 2. The minimum atomic E-state index is -2.80. The quantitative estimate of drug-likeness (QED) is 0.627. The van der Waals surface area contributed by atoms with Crippen molar-refractivity contribution in [1.29, 1.82) is 0 Å². The molecule has 15 heavy (non-hydrogen) atoms. The van der Waals surface area contributed by atoms with Crippen LogP contribution in [0.3, 0.4) is 0 Å². The van der Waals surface area contributed by atoms with Gasteiger partial charge in [-0.25, -0.2) is 8.78 Å². The highest BCUT2D eigenvalue weighted by Crippen LogP contribution is 2.35. The summed E-state index contributed by atoms with van der Waals surface area (Å²) in [5.41, 5.74) is 0. The normalized spacial score (nSPS) is 31.3. The van der Waals surface area contributed by atoms with E-state index in [1.807, 2.05) is 0 Å². The fourth-order valence-electron chi connectivity index (χ4n) is 2.00. The Kier molecular flexibility index (Phi) is 2.64. The molecule has 0 saturated carbocycles. The van der Waals surface area contributed by atoms with Gasteiger partial charge in [0.2, 0.25) is 0 Å². The monoisotopic (exact) mass is 221 g/mol. The maximum absolute atomic E-state index is 13.2. The molecule has 86 valence electrons. The lowest BCUT2D eigenvalue weighted by Crippen LogP contribution is -2.53. The SMILES string of the molecule is COC(=O)C1CC(F)(F)CN1C1COC1. The predicted molar refractivity (Wildman–Crippen MR) is 46.7 cm³/mol. The first-order valence-electron chi connectivity index (χ1n) is 4.82. The van der Waals surface area contributed by atoms with E-state index >= 15 is 0 Å². The molecule has 0 aromatic rings. The van der Waals surface area contributed by atoms with Crippen molar-refractivity contribution in [2.24, 2.45) is 0 Å². The van der Waals surface area contributed by atoms with Gasteiger partial charge in [0.05, 0.1) is 32.9 Å². The van der Waals surface area contributed by atoms with Crippen LogP contribution in [0, 0.1) is 0 Å². The highest BCUT2D eigenvalue weighted by molar-refractivity contribution is 5.76. The lowest BCUT2D eigenvalue weighted by atomic mass is 10.1. The molecule has 0 aliphatic carbocycles. The van der Waals surface area contributed by atoms with Crippen LogP contribution in [0.2, 0.25) is 0 Å². The molecule has 0 aromatic carbocycles. The third-order valence-electron chi connectivity index (χ3n) is 2.87. The van der Waals surface area contributed by atoms with Crippen LogP contribution >= 0.6 is 0 Å². The van der Waals surface area contributed by atoms with Crippen LogP contribution in [0.1, 0.15) is 6.42 Å². The molecule has 1 atom stereocenters. The van der Waals surface area contributed by atoms with Crippen molar-refractivity contribution in [3.63, 3.8) is 0 Å². The van der Waals surface area contributed by atoms with Gasteiger partial charge in [-0.15, -0.1) is 0 Å². The summed E-state index contributed by atoms with van der Waals surface area (Å²) in [7, 11) is 1.22. The van der Waals surface area contributed by atoms with E-state index in [4.69, 9.17) is 4.74 Å². The molecule has 1 unspecified atom stereocenters. The number of rotatable bonds is 2. The second kappa shape index (κ2) is 3.68. The van der Waals surface area contributed by atoms with Gasteiger partial charge in [0.25, 0.3) is 5.92 Å². The molecule has 2 rings (SSSR count). The molecule has 2 fully saturated rings. The maximum atomic E-state index is 13.2. The minimum Gasteiger partial charge on any atom is -0.468 e. The number of hydrogen-bond donors (Lipinski definition) is 0. The van der Waals surface area contributed by atoms with Crippen molar-refractivity contribution < 1.29 is 23.0 Å². The molecule has 0 radical (unpaired) electrons. The molecule has 2 saturated heterocycles. The van der Waals surface area contributed by atoms with Crippen LogP contribution in [-0.2, 0) is 14.3 Å². The molecule has 4 nitrogen and oxygen atoms in total. The molecule has 0 aromatic heterocycles. The lowest BCUT2D eigenvalue weighted by Gasteiger charge is -2.36. The van der Waals surface area contributed by atoms with E-state index in [0.29, 0.717) is 13.2 Å². The molecular weight excluding hydrogens is 208 g/mol. The molecule has 0 bridgehead atoms. The molecule has 2 aliphatic heterocycles. The van der Waals surface area contributed by atoms with Crippen molar-refractivity contribution >= 4 is 5.97 Å². The standard InChI is InChI=1S/C9H13F2NO3/c1-14-8(13)7-2-9(10,11)5-12(7)6-3-15-4-6/h6-7H,2-5H2,1H3. The summed E-state index contributed by atoms with van der Waals surface area (Å²) in [5.74, 6) is -3.38. The summed E-state index contributed by atoms with van der Waals surface area (Å²) in [4.78, 5) is 12.8. The number of hydrogen-bond acceptors (Lipinski definition) is 4. The van der Waals surface area contributed by atoms with Gasteiger partial charge in [0.1, 0.15) is 6.04 Å². The van der Waals surface area contributed by atoms with Gasteiger partial charge < -0.3 is 9.47 Å². The third kappa shape index (κ3) is 1.96. The molecule has 6 heteroatoms. The summed E-state index contributed by atoms with van der Waals surface area (Å²) in [6.45, 7) is 0.466. The number of carbonyl (C=O) groups is 1. The van der Waals surface area contributed by atoms with E-state index in [-0.39, 0.29) is 12.6 Å². The summed E-state index contributed by atoms with van der Waals surface area (Å²) in [6, 6.07) is -0.888. The van der Waals surface area contributed by atoms with E-state index in [0.717, 1.165) is 0 Å². The van der Waals surface area contributed by atoms with Gasteiger partial charge in [0, 0.05) is 6.42 Å². The fourth-order valence-corrected chi connectivity index (χ4v) is 2.00. The first kappa shape index (κ1) is 10.8. The Morgan fingerprint density at radius 2 is 2.20 bits per heavy atom. The Bertz CT molecular complexity index is 268. The average Bonchev–Trinajstić information content (AvgIpc) is 2.37. The second-order valence-corrected chi connectivity index (χ2v) is 3.96. The Labute approximate surface area is 86.1 Å². The Hall–Kier alpha value is -0.750. The second-order valence-electron chi connectivity index (χ2n) is 3.96. The minimum absolute atomic E-state index is 0.0672. The zero-order valence-electron chi connectivity index (χ0n) is 8.41. The lowest BCUT2D eigenvalue weighted by molar-refractivity contribution is -0.150. The van der Waals surface area contributed by atoms with Crippen molar-refractivity contribution in [3.05, 3.63) is 0 Å². The molecule has 2 aliphatic rings. The first-order valence-corrected chi connectivity index (χ1v) is 4.82. The highest BCUT2D eigenvalue weighted by atomic mass is 19.3. The largest absolute Gasteiger partial charge is 0.468 e. The Balaban J connectivity index is 2.08. The van der Waals surface area contributed by atoms with Crippen molar-refractivity contribution in [3.8, 4) is 0 Å². The van der Waals surface area contributed by atoms with E-state index < -0.39 is 24.4 Å². The Morgan fingerprint density at radius 1 is 1.53 bits per heavy atom. The average molecular weight is 221 g/mol. The van der Waals surface area contributed by atoms with Crippen LogP contribution in [-0.4, -0.2) is 55.7 Å². The zero-order chi connectivity index (χ0) is 11.1. The fraction of sp³-hybridized carbons (Fsp3) is 0.889. The van der Waals surface area contributed by atoms with Crippen molar-refractivity contribution in [2.75, 3.05) is 26.9 Å². The van der Waals surface area contributed by atoms with Crippen LogP contribution in [0.25, 0.3) is 0 Å². The molecule has 0 spiro atoms. The highest BCUT2D eigenvalue weighted by Gasteiger charge is 2.51. The first-order chi connectivity index (χ1) is 7.03. The molecule has 0 N–H and O–H groups in total. The van der Waals surface area contributed by atoms with Crippen molar-refractivity contribution in [2.45, 2.75) is 24.4 Å².